The van der Waals surface area contributed by atoms with Gasteiger partial charge in [-0.3, -0.25) is 4.79 Å². The molecule has 1 saturated carbocycles. The van der Waals surface area contributed by atoms with Gasteiger partial charge < -0.3 is 15.5 Å². The van der Waals surface area contributed by atoms with E-state index in [9.17, 15) is 9.59 Å². The standard InChI is InChI=1S/C20H29N3O2/c1-14-9-15(12-20(2,3)11-14)21-19(25)22-16-10-18(24)23(13-16)17-7-5-4-6-8-17/h4-8,14-16H,9-13H2,1-3H3,(H2,21,22,25)/t14-,15-,16-/m1/s1. The minimum atomic E-state index is -0.150. The van der Waals surface area contributed by atoms with Crippen LogP contribution in [0.15, 0.2) is 30.3 Å². The summed E-state index contributed by atoms with van der Waals surface area (Å²) in [6.45, 7) is 7.31. The molecule has 1 aliphatic heterocycles. The van der Waals surface area contributed by atoms with Crippen LogP contribution in [0.25, 0.3) is 0 Å². The lowest BCUT2D eigenvalue weighted by Crippen LogP contribution is -2.50. The minimum Gasteiger partial charge on any atom is -0.335 e. The number of rotatable bonds is 3. The second-order valence-electron chi connectivity index (χ2n) is 8.47. The molecular weight excluding hydrogens is 314 g/mol. The van der Waals surface area contributed by atoms with Crippen LogP contribution >= 0.6 is 0 Å². The SMILES string of the molecule is C[C@@H]1C[C@@H](NC(=O)N[C@@H]2CC(=O)N(c3ccccc3)C2)CC(C)(C)C1. The molecule has 0 aromatic heterocycles. The first-order chi connectivity index (χ1) is 11.8. The van der Waals surface area contributed by atoms with Crippen LogP contribution in [0.3, 0.4) is 0 Å². The molecule has 0 spiro atoms. The zero-order valence-electron chi connectivity index (χ0n) is 15.4. The molecule has 5 heteroatoms. The first-order valence-corrected chi connectivity index (χ1v) is 9.25. The summed E-state index contributed by atoms with van der Waals surface area (Å²) in [6, 6.07) is 9.53. The van der Waals surface area contributed by atoms with Crippen LogP contribution in [0.4, 0.5) is 10.5 Å². The van der Waals surface area contributed by atoms with Crippen molar-refractivity contribution in [2.45, 2.75) is 58.5 Å². The van der Waals surface area contributed by atoms with Crippen molar-refractivity contribution >= 4 is 17.6 Å². The van der Waals surface area contributed by atoms with Gasteiger partial charge in [0.2, 0.25) is 5.91 Å². The third kappa shape index (κ3) is 4.53. The summed E-state index contributed by atoms with van der Waals surface area (Å²) in [4.78, 5) is 26.4. The number of nitrogens with one attached hydrogen (secondary N) is 2. The van der Waals surface area contributed by atoms with E-state index < -0.39 is 0 Å². The third-order valence-electron chi connectivity index (χ3n) is 5.25. The van der Waals surface area contributed by atoms with Gasteiger partial charge in [-0.25, -0.2) is 4.79 Å². The van der Waals surface area contributed by atoms with Gasteiger partial charge in [-0.2, -0.15) is 0 Å². The number of carbonyl (C=O) groups is 2. The second-order valence-corrected chi connectivity index (χ2v) is 8.47. The number of anilines is 1. The Labute approximate surface area is 150 Å². The van der Waals surface area contributed by atoms with Crippen molar-refractivity contribution in [2.75, 3.05) is 11.4 Å². The Morgan fingerprint density at radius 2 is 1.80 bits per heavy atom. The van der Waals surface area contributed by atoms with Crippen LogP contribution in [0, 0.1) is 11.3 Å². The van der Waals surface area contributed by atoms with Crippen molar-refractivity contribution < 1.29 is 9.59 Å². The maximum Gasteiger partial charge on any atom is 0.315 e. The molecule has 1 aliphatic carbocycles. The van der Waals surface area contributed by atoms with Crippen LogP contribution in [0.2, 0.25) is 0 Å². The molecule has 1 aromatic rings. The smallest absolute Gasteiger partial charge is 0.315 e. The van der Waals surface area contributed by atoms with Crippen LogP contribution in [-0.4, -0.2) is 30.6 Å². The highest BCUT2D eigenvalue weighted by Gasteiger charge is 2.34. The van der Waals surface area contributed by atoms with E-state index in [1.165, 1.54) is 6.42 Å². The predicted molar refractivity (Wildman–Crippen MR) is 99.5 cm³/mol. The van der Waals surface area contributed by atoms with Crippen LogP contribution in [0.5, 0.6) is 0 Å². The number of urea groups is 1. The van der Waals surface area contributed by atoms with Gasteiger partial charge in [-0.15, -0.1) is 0 Å². The first-order valence-electron chi connectivity index (χ1n) is 9.25. The molecule has 3 rings (SSSR count). The lowest BCUT2D eigenvalue weighted by molar-refractivity contribution is -0.117. The summed E-state index contributed by atoms with van der Waals surface area (Å²) in [6.07, 6.45) is 3.59. The molecule has 1 aromatic carbocycles. The average molecular weight is 343 g/mol. The number of hydrogen-bond acceptors (Lipinski definition) is 2. The number of para-hydroxylation sites is 1. The molecule has 2 N–H and O–H groups in total. The number of benzene rings is 1. The highest BCUT2D eigenvalue weighted by Crippen LogP contribution is 2.38. The minimum absolute atomic E-state index is 0.0592. The fraction of sp³-hybridized carbons (Fsp3) is 0.600. The van der Waals surface area contributed by atoms with Crippen molar-refractivity contribution in [1.29, 1.82) is 0 Å². The molecule has 2 fully saturated rings. The Hall–Kier alpha value is -2.04. The summed E-state index contributed by atoms with van der Waals surface area (Å²) in [7, 11) is 0. The molecular formula is C20H29N3O2. The van der Waals surface area contributed by atoms with Gasteiger partial charge in [0.05, 0.1) is 6.04 Å². The van der Waals surface area contributed by atoms with Gasteiger partial charge in [-0.05, 0) is 42.7 Å². The fourth-order valence-corrected chi connectivity index (χ4v) is 4.53. The number of hydrogen-bond donors (Lipinski definition) is 2. The first kappa shape index (κ1) is 17.8. The largest absolute Gasteiger partial charge is 0.335 e. The molecule has 1 heterocycles. The highest BCUT2D eigenvalue weighted by atomic mass is 16.2. The van der Waals surface area contributed by atoms with Crippen LogP contribution in [-0.2, 0) is 4.79 Å². The van der Waals surface area contributed by atoms with Gasteiger partial charge in [0.1, 0.15) is 0 Å². The highest BCUT2D eigenvalue weighted by molar-refractivity contribution is 5.96. The molecule has 1 saturated heterocycles. The predicted octanol–water partition coefficient (Wildman–Crippen LogP) is 3.31. The topological polar surface area (TPSA) is 61.4 Å². The monoisotopic (exact) mass is 343 g/mol. The van der Waals surface area contributed by atoms with Crippen molar-refractivity contribution in [3.05, 3.63) is 30.3 Å². The van der Waals surface area contributed by atoms with E-state index in [1.54, 1.807) is 4.90 Å². The van der Waals surface area contributed by atoms with Crippen molar-refractivity contribution in [3.63, 3.8) is 0 Å². The summed E-state index contributed by atoms with van der Waals surface area (Å²) >= 11 is 0. The Kier molecular flexibility index (Phi) is 5.02. The summed E-state index contributed by atoms with van der Waals surface area (Å²) in [5, 5.41) is 6.11. The van der Waals surface area contributed by atoms with Gasteiger partial charge in [0.25, 0.3) is 0 Å². The van der Waals surface area contributed by atoms with E-state index in [-0.39, 0.29) is 29.4 Å². The number of nitrogens with zero attached hydrogens (tertiary/aromatic N) is 1. The zero-order chi connectivity index (χ0) is 18.0. The lowest BCUT2D eigenvalue weighted by atomic mass is 9.71. The molecule has 2 aliphatic rings. The van der Waals surface area contributed by atoms with E-state index >= 15 is 0 Å². The van der Waals surface area contributed by atoms with Gasteiger partial charge in [-0.1, -0.05) is 39.0 Å². The molecule has 0 radical (unpaired) electrons. The van der Waals surface area contributed by atoms with E-state index in [0.717, 1.165) is 18.5 Å². The summed E-state index contributed by atoms with van der Waals surface area (Å²) in [5.41, 5.74) is 1.16. The van der Waals surface area contributed by atoms with E-state index in [2.05, 4.69) is 31.4 Å². The normalized spacial score (nSPS) is 28.7. The Morgan fingerprint density at radius 3 is 2.48 bits per heavy atom. The maximum absolute atomic E-state index is 12.4. The van der Waals surface area contributed by atoms with Gasteiger partial charge in [0, 0.05) is 24.7 Å². The molecule has 0 unspecified atom stereocenters. The Morgan fingerprint density at radius 1 is 1.12 bits per heavy atom. The van der Waals surface area contributed by atoms with E-state index in [0.29, 0.717) is 18.9 Å². The Balaban J connectivity index is 1.53. The van der Waals surface area contributed by atoms with Crippen molar-refractivity contribution in [1.82, 2.24) is 10.6 Å². The van der Waals surface area contributed by atoms with Crippen molar-refractivity contribution in [3.8, 4) is 0 Å². The summed E-state index contributed by atoms with van der Waals surface area (Å²) < 4.78 is 0. The van der Waals surface area contributed by atoms with Crippen LogP contribution in [0.1, 0.15) is 46.5 Å². The molecule has 5 nitrogen and oxygen atoms in total. The van der Waals surface area contributed by atoms with Gasteiger partial charge in [0.15, 0.2) is 0 Å². The summed E-state index contributed by atoms with van der Waals surface area (Å²) in [5.74, 6) is 0.680. The van der Waals surface area contributed by atoms with Crippen LogP contribution < -0.4 is 15.5 Å². The quantitative estimate of drug-likeness (QED) is 0.884. The third-order valence-corrected chi connectivity index (χ3v) is 5.25. The van der Waals surface area contributed by atoms with Crippen molar-refractivity contribution in [2.24, 2.45) is 11.3 Å². The lowest BCUT2D eigenvalue weighted by Gasteiger charge is -2.39. The average Bonchev–Trinajstić information content (AvgIpc) is 2.86. The van der Waals surface area contributed by atoms with Gasteiger partial charge >= 0.3 is 6.03 Å². The second kappa shape index (κ2) is 7.06. The molecule has 0 bridgehead atoms. The molecule has 136 valence electrons. The fourth-order valence-electron chi connectivity index (χ4n) is 4.53. The molecule has 25 heavy (non-hydrogen) atoms. The van der Waals surface area contributed by atoms with E-state index in [1.807, 2.05) is 30.3 Å². The molecule has 3 atom stereocenters. The number of carbonyl (C=O) groups excluding carboxylic acids is 2. The molecule has 3 amide bonds. The number of amides is 3. The maximum atomic E-state index is 12.4. The Bertz CT molecular complexity index is 629. The van der Waals surface area contributed by atoms with E-state index in [4.69, 9.17) is 0 Å². The zero-order valence-corrected chi connectivity index (χ0v) is 15.4.